The van der Waals surface area contributed by atoms with Crippen LogP contribution in [0.2, 0.25) is 5.02 Å². The second kappa shape index (κ2) is 5.70. The van der Waals surface area contributed by atoms with Crippen LogP contribution in [0.15, 0.2) is 48.7 Å². The van der Waals surface area contributed by atoms with Crippen LogP contribution in [0.4, 0.5) is 5.69 Å². The predicted octanol–water partition coefficient (Wildman–Crippen LogP) is 4.32. The molecular formula is C17H17ClN2O. The standard InChI is InChI=1S/C17H17ClN2O/c1-2-21-17-5-3-4-16-14(17)8-9-20(16)11-12-10-13(18)6-7-15(12)19/h3-10H,2,11,19H2,1H3. The Kier molecular flexibility index (Phi) is 3.76. The van der Waals surface area contributed by atoms with E-state index in [1.165, 1.54) is 0 Å². The van der Waals surface area contributed by atoms with Gasteiger partial charge in [-0.2, -0.15) is 0 Å². The number of hydrogen-bond acceptors (Lipinski definition) is 2. The summed E-state index contributed by atoms with van der Waals surface area (Å²) in [5, 5.41) is 1.81. The van der Waals surface area contributed by atoms with Crippen LogP contribution in [0.25, 0.3) is 10.9 Å². The molecule has 21 heavy (non-hydrogen) atoms. The number of ether oxygens (including phenoxy) is 1. The van der Waals surface area contributed by atoms with E-state index in [0.29, 0.717) is 18.2 Å². The zero-order valence-corrected chi connectivity index (χ0v) is 12.6. The van der Waals surface area contributed by atoms with Crippen molar-refractivity contribution in [1.82, 2.24) is 4.57 Å². The van der Waals surface area contributed by atoms with E-state index < -0.39 is 0 Å². The van der Waals surface area contributed by atoms with Crippen LogP contribution in [0.1, 0.15) is 12.5 Å². The zero-order chi connectivity index (χ0) is 14.8. The number of anilines is 1. The molecule has 2 N–H and O–H groups in total. The molecule has 0 spiro atoms. The predicted molar refractivity (Wildman–Crippen MR) is 88.1 cm³/mol. The fraction of sp³-hybridized carbons (Fsp3) is 0.176. The van der Waals surface area contributed by atoms with Crippen LogP contribution >= 0.6 is 11.6 Å². The number of halogens is 1. The summed E-state index contributed by atoms with van der Waals surface area (Å²) in [5.41, 5.74) is 8.92. The Morgan fingerprint density at radius 2 is 2.05 bits per heavy atom. The highest BCUT2D eigenvalue weighted by atomic mass is 35.5. The Bertz CT molecular complexity index is 780. The molecule has 2 aromatic carbocycles. The van der Waals surface area contributed by atoms with Gasteiger partial charge in [-0.15, -0.1) is 0 Å². The largest absolute Gasteiger partial charge is 0.493 e. The van der Waals surface area contributed by atoms with Crippen molar-refractivity contribution in [2.45, 2.75) is 13.5 Å². The second-order valence-electron chi connectivity index (χ2n) is 4.91. The summed E-state index contributed by atoms with van der Waals surface area (Å²) in [5.74, 6) is 0.910. The summed E-state index contributed by atoms with van der Waals surface area (Å²) < 4.78 is 7.82. The topological polar surface area (TPSA) is 40.2 Å². The first-order valence-electron chi connectivity index (χ1n) is 6.93. The molecule has 3 rings (SSSR count). The van der Waals surface area contributed by atoms with E-state index in [1.54, 1.807) is 6.07 Å². The molecular weight excluding hydrogens is 284 g/mol. The lowest BCUT2D eigenvalue weighted by atomic mass is 10.2. The first-order chi connectivity index (χ1) is 10.2. The minimum atomic E-state index is 0.658. The molecule has 0 amide bonds. The van der Waals surface area contributed by atoms with Crippen molar-refractivity contribution in [2.24, 2.45) is 0 Å². The lowest BCUT2D eigenvalue weighted by Crippen LogP contribution is -2.02. The van der Waals surface area contributed by atoms with Crippen molar-refractivity contribution in [3.8, 4) is 5.75 Å². The maximum absolute atomic E-state index is 6.06. The van der Waals surface area contributed by atoms with Gasteiger partial charge >= 0.3 is 0 Å². The Morgan fingerprint density at radius 1 is 1.19 bits per heavy atom. The van der Waals surface area contributed by atoms with Crippen LogP contribution < -0.4 is 10.5 Å². The van der Waals surface area contributed by atoms with Gasteiger partial charge in [-0.05, 0) is 48.9 Å². The van der Waals surface area contributed by atoms with Gasteiger partial charge in [0.1, 0.15) is 5.75 Å². The van der Waals surface area contributed by atoms with E-state index in [4.69, 9.17) is 22.1 Å². The number of nitrogen functional groups attached to an aromatic ring is 1. The Labute approximate surface area is 128 Å². The summed E-state index contributed by atoms with van der Waals surface area (Å²) in [6.07, 6.45) is 2.05. The van der Waals surface area contributed by atoms with Gasteiger partial charge in [-0.3, -0.25) is 0 Å². The van der Waals surface area contributed by atoms with E-state index in [2.05, 4.69) is 16.7 Å². The molecule has 0 saturated carbocycles. The molecule has 0 fully saturated rings. The van der Waals surface area contributed by atoms with E-state index in [1.807, 2.05) is 37.4 Å². The van der Waals surface area contributed by atoms with Gasteiger partial charge in [0.2, 0.25) is 0 Å². The average Bonchev–Trinajstić information content (AvgIpc) is 2.88. The first-order valence-corrected chi connectivity index (χ1v) is 7.31. The quantitative estimate of drug-likeness (QED) is 0.729. The molecule has 0 saturated heterocycles. The average molecular weight is 301 g/mol. The SMILES string of the molecule is CCOc1cccc2c1ccn2Cc1cc(Cl)ccc1N. The lowest BCUT2D eigenvalue weighted by Gasteiger charge is -2.10. The molecule has 0 aliphatic heterocycles. The van der Waals surface area contributed by atoms with E-state index in [0.717, 1.165) is 27.9 Å². The van der Waals surface area contributed by atoms with Crippen molar-refractivity contribution >= 4 is 28.2 Å². The number of nitrogens with two attached hydrogens (primary N) is 1. The third-order valence-corrected chi connectivity index (χ3v) is 3.75. The summed E-state index contributed by atoms with van der Waals surface area (Å²) in [6, 6.07) is 13.7. The zero-order valence-electron chi connectivity index (χ0n) is 11.8. The van der Waals surface area contributed by atoms with Gasteiger partial charge in [0.25, 0.3) is 0 Å². The third kappa shape index (κ3) is 2.69. The summed E-state index contributed by atoms with van der Waals surface area (Å²) in [6.45, 7) is 3.33. The molecule has 0 aliphatic rings. The Hall–Kier alpha value is -2.13. The van der Waals surface area contributed by atoms with E-state index in [9.17, 15) is 0 Å². The molecule has 0 unspecified atom stereocenters. The molecule has 1 heterocycles. The van der Waals surface area contributed by atoms with Crippen LogP contribution in [-0.4, -0.2) is 11.2 Å². The monoisotopic (exact) mass is 300 g/mol. The molecule has 0 atom stereocenters. The van der Waals surface area contributed by atoms with Crippen molar-refractivity contribution < 1.29 is 4.74 Å². The minimum Gasteiger partial charge on any atom is -0.493 e. The van der Waals surface area contributed by atoms with Gasteiger partial charge in [0.15, 0.2) is 0 Å². The van der Waals surface area contributed by atoms with Crippen LogP contribution in [-0.2, 0) is 6.54 Å². The molecule has 0 bridgehead atoms. The van der Waals surface area contributed by atoms with Gasteiger partial charge in [-0.25, -0.2) is 0 Å². The molecule has 3 aromatic rings. The van der Waals surface area contributed by atoms with Crippen molar-refractivity contribution in [3.63, 3.8) is 0 Å². The molecule has 108 valence electrons. The summed E-state index contributed by atoms with van der Waals surface area (Å²) in [7, 11) is 0. The molecule has 0 aliphatic carbocycles. The number of hydrogen-bond donors (Lipinski definition) is 1. The normalized spacial score (nSPS) is 11.0. The minimum absolute atomic E-state index is 0.658. The molecule has 1 aromatic heterocycles. The fourth-order valence-corrected chi connectivity index (χ4v) is 2.70. The van der Waals surface area contributed by atoms with Crippen molar-refractivity contribution in [2.75, 3.05) is 12.3 Å². The van der Waals surface area contributed by atoms with E-state index in [-0.39, 0.29) is 0 Å². The number of aromatic nitrogens is 1. The number of fused-ring (bicyclic) bond motifs is 1. The highest BCUT2D eigenvalue weighted by molar-refractivity contribution is 6.30. The van der Waals surface area contributed by atoms with Gasteiger partial charge in [-0.1, -0.05) is 17.7 Å². The van der Waals surface area contributed by atoms with Crippen molar-refractivity contribution in [3.05, 3.63) is 59.2 Å². The number of rotatable bonds is 4. The molecule has 4 heteroatoms. The smallest absolute Gasteiger partial charge is 0.128 e. The summed E-state index contributed by atoms with van der Waals surface area (Å²) >= 11 is 6.06. The maximum Gasteiger partial charge on any atom is 0.128 e. The number of nitrogens with zero attached hydrogens (tertiary/aromatic N) is 1. The van der Waals surface area contributed by atoms with Crippen molar-refractivity contribution in [1.29, 1.82) is 0 Å². The van der Waals surface area contributed by atoms with Crippen LogP contribution in [0.3, 0.4) is 0 Å². The lowest BCUT2D eigenvalue weighted by molar-refractivity contribution is 0.344. The third-order valence-electron chi connectivity index (χ3n) is 3.52. The van der Waals surface area contributed by atoms with Gasteiger partial charge in [0.05, 0.1) is 12.1 Å². The second-order valence-corrected chi connectivity index (χ2v) is 5.35. The Balaban J connectivity index is 2.01. The summed E-state index contributed by atoms with van der Waals surface area (Å²) in [4.78, 5) is 0. The molecule has 0 radical (unpaired) electrons. The first kappa shape index (κ1) is 13.8. The highest BCUT2D eigenvalue weighted by Crippen LogP contribution is 2.28. The fourth-order valence-electron chi connectivity index (χ4n) is 2.51. The number of benzene rings is 2. The highest BCUT2D eigenvalue weighted by Gasteiger charge is 2.08. The molecule has 3 nitrogen and oxygen atoms in total. The van der Waals surface area contributed by atoms with Crippen LogP contribution in [0.5, 0.6) is 5.75 Å². The Morgan fingerprint density at radius 3 is 2.86 bits per heavy atom. The maximum atomic E-state index is 6.06. The van der Waals surface area contributed by atoms with E-state index >= 15 is 0 Å². The van der Waals surface area contributed by atoms with Gasteiger partial charge < -0.3 is 15.0 Å². The van der Waals surface area contributed by atoms with Crippen LogP contribution in [0, 0.1) is 0 Å². The van der Waals surface area contributed by atoms with Gasteiger partial charge in [0, 0.05) is 28.8 Å².